The van der Waals surface area contributed by atoms with Crippen molar-refractivity contribution < 1.29 is 14.3 Å². The molecule has 0 fully saturated rings. The van der Waals surface area contributed by atoms with Crippen LogP contribution < -0.4 is 15.4 Å². The molecular formula is C18H16N4O3. The number of nitrogens with one attached hydrogen (secondary N) is 2. The Morgan fingerprint density at radius 1 is 1.20 bits per heavy atom. The lowest BCUT2D eigenvalue weighted by Crippen LogP contribution is -2.56. The van der Waals surface area contributed by atoms with Crippen LogP contribution in [0.15, 0.2) is 48.5 Å². The van der Waals surface area contributed by atoms with Gasteiger partial charge >= 0.3 is 0 Å². The summed E-state index contributed by atoms with van der Waals surface area (Å²) in [6, 6.07) is 14.5. The van der Waals surface area contributed by atoms with E-state index in [1.165, 1.54) is 6.92 Å². The van der Waals surface area contributed by atoms with Crippen molar-refractivity contribution >= 4 is 34.5 Å². The number of benzene rings is 2. The first-order valence-corrected chi connectivity index (χ1v) is 7.81. The molecule has 7 heteroatoms. The number of anilines is 2. The SMILES string of the molecule is Cn1c(NC(=O)C2(C)Oc3ccccc3NC2=O)nc2ccccc21. The van der Waals surface area contributed by atoms with Crippen LogP contribution in [0, 0.1) is 0 Å². The topological polar surface area (TPSA) is 85.3 Å². The smallest absolute Gasteiger partial charge is 0.280 e. The molecule has 0 saturated heterocycles. The lowest BCUT2D eigenvalue weighted by Gasteiger charge is -2.33. The number of carbonyl (C=O) groups is 2. The molecular weight excluding hydrogens is 320 g/mol. The number of imidazole rings is 1. The van der Waals surface area contributed by atoms with Gasteiger partial charge in [-0.15, -0.1) is 0 Å². The number of aromatic nitrogens is 2. The van der Waals surface area contributed by atoms with Crippen molar-refractivity contribution in [3.05, 3.63) is 48.5 Å². The van der Waals surface area contributed by atoms with Crippen LogP contribution in [0.3, 0.4) is 0 Å². The fraction of sp³-hybridized carbons (Fsp3) is 0.167. The maximum absolute atomic E-state index is 12.8. The molecule has 1 unspecified atom stereocenters. The monoisotopic (exact) mass is 336 g/mol. The summed E-state index contributed by atoms with van der Waals surface area (Å²) in [4.78, 5) is 29.6. The van der Waals surface area contributed by atoms with Crippen LogP contribution in [0.5, 0.6) is 5.75 Å². The molecule has 0 radical (unpaired) electrons. The summed E-state index contributed by atoms with van der Waals surface area (Å²) in [5.41, 5.74) is 0.486. The Morgan fingerprint density at radius 2 is 1.92 bits per heavy atom. The predicted octanol–water partition coefficient (Wildman–Crippen LogP) is 2.30. The third kappa shape index (κ3) is 2.32. The minimum atomic E-state index is -1.69. The van der Waals surface area contributed by atoms with Gasteiger partial charge in [0.1, 0.15) is 5.75 Å². The maximum atomic E-state index is 12.8. The first-order chi connectivity index (χ1) is 12.0. The maximum Gasteiger partial charge on any atom is 0.280 e. The molecule has 2 amide bonds. The van der Waals surface area contributed by atoms with Crippen LogP contribution in [-0.4, -0.2) is 27.0 Å². The average molecular weight is 336 g/mol. The van der Waals surface area contributed by atoms with Crippen LogP contribution in [0.2, 0.25) is 0 Å². The molecule has 2 heterocycles. The molecule has 0 saturated carbocycles. The standard InChI is InChI=1S/C18H16N4O3/c1-18(15(23)19-12-8-4-6-10-14(12)25-18)16(24)21-17-20-11-7-3-5-9-13(11)22(17)2/h3-10H,1-2H3,(H,19,23)(H,20,21,24). The van der Waals surface area contributed by atoms with E-state index in [2.05, 4.69) is 15.6 Å². The van der Waals surface area contributed by atoms with E-state index in [4.69, 9.17) is 4.74 Å². The minimum absolute atomic E-state index is 0.350. The van der Waals surface area contributed by atoms with E-state index in [1.807, 2.05) is 24.3 Å². The highest BCUT2D eigenvalue weighted by Gasteiger charge is 2.47. The number of ether oxygens (including phenoxy) is 1. The molecule has 25 heavy (non-hydrogen) atoms. The molecule has 3 aromatic rings. The first kappa shape index (κ1) is 15.2. The normalized spacial score (nSPS) is 19.0. The zero-order chi connectivity index (χ0) is 17.6. The third-order valence-corrected chi connectivity index (χ3v) is 4.33. The Balaban J connectivity index is 1.66. The molecule has 7 nitrogen and oxygen atoms in total. The van der Waals surface area contributed by atoms with Crippen LogP contribution in [0.4, 0.5) is 11.6 Å². The predicted molar refractivity (Wildman–Crippen MR) is 93.4 cm³/mol. The highest BCUT2D eigenvalue weighted by molar-refractivity contribution is 6.18. The highest BCUT2D eigenvalue weighted by Crippen LogP contribution is 2.33. The Bertz CT molecular complexity index is 1010. The third-order valence-electron chi connectivity index (χ3n) is 4.33. The van der Waals surface area contributed by atoms with Gasteiger partial charge < -0.3 is 14.6 Å². The molecule has 1 aromatic heterocycles. The Labute approximate surface area is 143 Å². The molecule has 0 aliphatic carbocycles. The van der Waals surface area contributed by atoms with Crippen molar-refractivity contribution in [1.29, 1.82) is 0 Å². The minimum Gasteiger partial charge on any atom is -0.466 e. The van der Waals surface area contributed by atoms with Crippen molar-refractivity contribution in [1.82, 2.24) is 9.55 Å². The summed E-state index contributed by atoms with van der Waals surface area (Å²) < 4.78 is 7.47. The van der Waals surface area contributed by atoms with E-state index < -0.39 is 17.4 Å². The summed E-state index contributed by atoms with van der Waals surface area (Å²) >= 11 is 0. The zero-order valence-corrected chi connectivity index (χ0v) is 13.7. The van der Waals surface area contributed by atoms with Gasteiger partial charge in [0.05, 0.1) is 16.7 Å². The number of amides is 2. The Kier molecular flexibility index (Phi) is 3.24. The zero-order valence-electron chi connectivity index (χ0n) is 13.7. The molecule has 1 aliphatic heterocycles. The van der Waals surface area contributed by atoms with Crippen molar-refractivity contribution in [2.45, 2.75) is 12.5 Å². The van der Waals surface area contributed by atoms with E-state index in [9.17, 15) is 9.59 Å². The molecule has 2 N–H and O–H groups in total. The fourth-order valence-electron chi connectivity index (χ4n) is 2.79. The number of aryl methyl sites for hydroxylation is 1. The number of fused-ring (bicyclic) bond motifs is 2. The molecule has 0 bridgehead atoms. The first-order valence-electron chi connectivity index (χ1n) is 7.81. The van der Waals surface area contributed by atoms with E-state index in [0.717, 1.165) is 11.0 Å². The summed E-state index contributed by atoms with van der Waals surface area (Å²) in [5, 5.41) is 5.40. The number of rotatable bonds is 2. The van der Waals surface area contributed by atoms with Gasteiger partial charge in [0, 0.05) is 7.05 Å². The summed E-state index contributed by atoms with van der Waals surface area (Å²) in [5.74, 6) is -0.312. The molecule has 1 atom stereocenters. The molecule has 1 aliphatic rings. The summed E-state index contributed by atoms with van der Waals surface area (Å²) in [6.07, 6.45) is 0. The fourth-order valence-corrected chi connectivity index (χ4v) is 2.79. The van der Waals surface area contributed by atoms with Crippen LogP contribution >= 0.6 is 0 Å². The second kappa shape index (κ2) is 5.34. The van der Waals surface area contributed by atoms with Crippen molar-refractivity contribution in [3.63, 3.8) is 0 Å². The van der Waals surface area contributed by atoms with Gasteiger partial charge in [-0.2, -0.15) is 0 Å². The highest BCUT2D eigenvalue weighted by atomic mass is 16.5. The van der Waals surface area contributed by atoms with E-state index in [1.54, 1.807) is 35.9 Å². The molecule has 2 aromatic carbocycles. The second-order valence-corrected chi connectivity index (χ2v) is 6.02. The molecule has 126 valence electrons. The van der Waals surface area contributed by atoms with Crippen LogP contribution in [0.25, 0.3) is 11.0 Å². The summed E-state index contributed by atoms with van der Waals surface area (Å²) in [7, 11) is 1.80. The lowest BCUT2D eigenvalue weighted by atomic mass is 10.0. The van der Waals surface area contributed by atoms with Crippen LogP contribution in [0.1, 0.15) is 6.92 Å². The van der Waals surface area contributed by atoms with Crippen molar-refractivity contribution in [3.8, 4) is 5.75 Å². The number of hydrogen-bond acceptors (Lipinski definition) is 4. The number of para-hydroxylation sites is 4. The van der Waals surface area contributed by atoms with Gasteiger partial charge in [-0.25, -0.2) is 4.98 Å². The van der Waals surface area contributed by atoms with E-state index >= 15 is 0 Å². The lowest BCUT2D eigenvalue weighted by molar-refractivity contribution is -0.143. The quantitative estimate of drug-likeness (QED) is 0.703. The van der Waals surface area contributed by atoms with E-state index in [0.29, 0.717) is 17.4 Å². The number of hydrogen-bond donors (Lipinski definition) is 2. The van der Waals surface area contributed by atoms with Gasteiger partial charge in [0.25, 0.3) is 17.4 Å². The number of nitrogens with zero attached hydrogens (tertiary/aromatic N) is 2. The van der Waals surface area contributed by atoms with Gasteiger partial charge in [-0.05, 0) is 31.2 Å². The van der Waals surface area contributed by atoms with Gasteiger partial charge in [-0.1, -0.05) is 24.3 Å². The van der Waals surface area contributed by atoms with E-state index in [-0.39, 0.29) is 0 Å². The van der Waals surface area contributed by atoms with Crippen molar-refractivity contribution in [2.75, 3.05) is 10.6 Å². The van der Waals surface area contributed by atoms with Crippen molar-refractivity contribution in [2.24, 2.45) is 7.05 Å². The largest absolute Gasteiger partial charge is 0.466 e. The van der Waals surface area contributed by atoms with Gasteiger partial charge in [-0.3, -0.25) is 14.9 Å². The van der Waals surface area contributed by atoms with Gasteiger partial charge in [0.2, 0.25) is 5.95 Å². The Morgan fingerprint density at radius 3 is 2.72 bits per heavy atom. The second-order valence-electron chi connectivity index (χ2n) is 6.02. The average Bonchev–Trinajstić information content (AvgIpc) is 2.92. The molecule has 4 rings (SSSR count). The van der Waals surface area contributed by atoms with Crippen LogP contribution in [-0.2, 0) is 16.6 Å². The molecule has 0 spiro atoms. The summed E-state index contributed by atoms with van der Waals surface area (Å²) in [6.45, 7) is 1.44. The Hall–Kier alpha value is -3.35. The number of carbonyl (C=O) groups excluding carboxylic acids is 2. The van der Waals surface area contributed by atoms with Gasteiger partial charge in [0.15, 0.2) is 0 Å².